The van der Waals surface area contributed by atoms with E-state index in [1.165, 1.54) is 22.9 Å². The lowest BCUT2D eigenvalue weighted by Crippen LogP contribution is -2.56. The van der Waals surface area contributed by atoms with Crippen LogP contribution >= 0.6 is 23.4 Å². The third-order valence-corrected chi connectivity index (χ3v) is 10.7. The number of anilines is 2. The number of nitrogens with zero attached hydrogens (tertiary/aromatic N) is 5. The van der Waals surface area contributed by atoms with Crippen molar-refractivity contribution in [1.29, 1.82) is 0 Å². The van der Waals surface area contributed by atoms with Crippen molar-refractivity contribution < 1.29 is 10.2 Å². The van der Waals surface area contributed by atoms with Crippen LogP contribution in [0.5, 0.6) is 0 Å². The Labute approximate surface area is 239 Å². The highest BCUT2D eigenvalue weighted by atomic mass is 35.5. The van der Waals surface area contributed by atoms with Gasteiger partial charge in [0.15, 0.2) is 5.82 Å². The molecule has 9 heteroatoms. The normalized spacial score (nSPS) is 20.8. The number of halogens is 1. The average Bonchev–Trinajstić information content (AvgIpc) is 3.16. The molecule has 4 heterocycles. The second-order valence-corrected chi connectivity index (χ2v) is 13.3. The fourth-order valence-electron chi connectivity index (χ4n) is 6.50. The van der Waals surface area contributed by atoms with Crippen LogP contribution in [0.4, 0.5) is 11.6 Å². The van der Waals surface area contributed by atoms with Gasteiger partial charge < -0.3 is 20.0 Å². The van der Waals surface area contributed by atoms with Gasteiger partial charge in [-0.15, -0.1) is 0 Å². The number of pyridine rings is 1. The van der Waals surface area contributed by atoms with Crippen molar-refractivity contribution in [3.05, 3.63) is 64.6 Å². The van der Waals surface area contributed by atoms with Gasteiger partial charge in [-0.05, 0) is 61.6 Å². The molecule has 3 aliphatic rings. The molecule has 2 fully saturated rings. The van der Waals surface area contributed by atoms with E-state index in [0.29, 0.717) is 27.1 Å². The van der Waals surface area contributed by atoms with E-state index >= 15 is 0 Å². The molecule has 1 aromatic carbocycles. The first kappa shape index (κ1) is 26.8. The van der Waals surface area contributed by atoms with Gasteiger partial charge in [0.2, 0.25) is 0 Å². The summed E-state index contributed by atoms with van der Waals surface area (Å²) < 4.78 is 0. The van der Waals surface area contributed by atoms with E-state index in [1.54, 1.807) is 12.4 Å². The van der Waals surface area contributed by atoms with Gasteiger partial charge in [0.05, 0.1) is 23.4 Å². The van der Waals surface area contributed by atoms with E-state index in [2.05, 4.69) is 46.0 Å². The molecule has 2 N–H and O–H groups in total. The molecule has 1 aliphatic carbocycles. The van der Waals surface area contributed by atoms with Crippen molar-refractivity contribution in [2.24, 2.45) is 11.3 Å². The quantitative estimate of drug-likeness (QED) is 0.415. The molecule has 3 aromatic rings. The molecule has 39 heavy (non-hydrogen) atoms. The highest BCUT2D eigenvalue weighted by molar-refractivity contribution is 7.99. The van der Waals surface area contributed by atoms with E-state index in [-0.39, 0.29) is 12.5 Å². The second-order valence-electron chi connectivity index (χ2n) is 11.9. The topological polar surface area (TPSA) is 85.6 Å². The van der Waals surface area contributed by atoms with Gasteiger partial charge in [0.25, 0.3) is 0 Å². The van der Waals surface area contributed by atoms with Crippen LogP contribution in [0.1, 0.15) is 56.4 Å². The molecule has 0 amide bonds. The maximum absolute atomic E-state index is 10.3. The number of aliphatic hydroxyl groups excluding tert-OH is 1. The highest BCUT2D eigenvalue weighted by Gasteiger charge is 2.45. The fourth-order valence-corrected chi connectivity index (χ4v) is 7.64. The van der Waals surface area contributed by atoms with Crippen molar-refractivity contribution >= 4 is 35.0 Å². The molecular weight excluding hydrogens is 530 g/mol. The van der Waals surface area contributed by atoms with Gasteiger partial charge in [0, 0.05) is 43.2 Å². The summed E-state index contributed by atoms with van der Waals surface area (Å²) in [5, 5.41) is 21.7. The molecule has 0 bridgehead atoms. The van der Waals surface area contributed by atoms with E-state index in [0.717, 1.165) is 62.0 Å². The molecule has 1 spiro atoms. The second kappa shape index (κ2) is 10.2. The Hall–Kier alpha value is -2.39. The van der Waals surface area contributed by atoms with Gasteiger partial charge in [-0.3, -0.25) is 0 Å². The lowest BCUT2D eigenvalue weighted by atomic mass is 9.70. The molecule has 1 atom stereocenters. The molecule has 7 nitrogen and oxygen atoms in total. The van der Waals surface area contributed by atoms with Crippen molar-refractivity contribution in [2.45, 2.75) is 68.1 Å². The minimum atomic E-state index is -0.720. The standard InChI is InChI=1S/C30H36ClN5O2S/c1-19-22-7-5-4-6-20(22)14-30(19)9-12-35(13-10-30)27-23(18-37)34-25(15-33-27)39-24-8-11-32-28(26(24)31)36-16-21(17-36)29(2,3)38/h4-8,11,15,19,21,37-38H,9-10,12-14,16-18H2,1-3H3/t19-/m1/s1. The Kier molecular flexibility index (Phi) is 7.03. The zero-order valence-corrected chi connectivity index (χ0v) is 24.3. The number of hydrogen-bond acceptors (Lipinski definition) is 8. The van der Waals surface area contributed by atoms with Crippen LogP contribution in [0.15, 0.2) is 52.6 Å². The van der Waals surface area contributed by atoms with Crippen molar-refractivity contribution in [3.63, 3.8) is 0 Å². The summed E-state index contributed by atoms with van der Waals surface area (Å²) in [6, 6.07) is 10.8. The summed E-state index contributed by atoms with van der Waals surface area (Å²) in [7, 11) is 0. The summed E-state index contributed by atoms with van der Waals surface area (Å²) in [6.45, 7) is 9.16. The minimum Gasteiger partial charge on any atom is -0.390 e. The van der Waals surface area contributed by atoms with Crippen LogP contribution < -0.4 is 9.80 Å². The number of fused-ring (bicyclic) bond motifs is 1. The van der Waals surface area contributed by atoms with Crippen LogP contribution in [-0.4, -0.2) is 56.9 Å². The van der Waals surface area contributed by atoms with Crippen molar-refractivity contribution in [1.82, 2.24) is 15.0 Å². The van der Waals surface area contributed by atoms with Gasteiger partial charge in [0.1, 0.15) is 16.5 Å². The highest BCUT2D eigenvalue weighted by Crippen LogP contribution is 2.53. The number of aromatic nitrogens is 3. The Morgan fingerprint density at radius 1 is 1.08 bits per heavy atom. The third kappa shape index (κ3) is 4.90. The molecule has 0 unspecified atom stereocenters. The number of hydrogen-bond donors (Lipinski definition) is 2. The molecule has 206 valence electrons. The van der Waals surface area contributed by atoms with E-state index in [9.17, 15) is 10.2 Å². The third-order valence-electron chi connectivity index (χ3n) is 9.22. The molecule has 2 aromatic heterocycles. The number of rotatable bonds is 6. The maximum Gasteiger partial charge on any atom is 0.152 e. The summed E-state index contributed by atoms with van der Waals surface area (Å²) in [6.07, 6.45) is 6.89. The molecule has 0 saturated carbocycles. The van der Waals surface area contributed by atoms with Gasteiger partial charge in [-0.2, -0.15) is 0 Å². The maximum atomic E-state index is 10.3. The van der Waals surface area contributed by atoms with Crippen LogP contribution in [0.3, 0.4) is 0 Å². The summed E-state index contributed by atoms with van der Waals surface area (Å²) >= 11 is 8.20. The largest absolute Gasteiger partial charge is 0.390 e. The predicted molar refractivity (Wildman–Crippen MR) is 156 cm³/mol. The van der Waals surface area contributed by atoms with Crippen molar-refractivity contribution in [3.8, 4) is 0 Å². The summed E-state index contributed by atoms with van der Waals surface area (Å²) in [5.74, 6) is 2.25. The smallest absolute Gasteiger partial charge is 0.152 e. The minimum absolute atomic E-state index is 0.165. The Bertz CT molecular complexity index is 1370. The lowest BCUT2D eigenvalue weighted by Gasteiger charge is -2.46. The van der Waals surface area contributed by atoms with E-state index < -0.39 is 5.60 Å². The van der Waals surface area contributed by atoms with E-state index in [4.69, 9.17) is 21.6 Å². The SMILES string of the molecule is C[C@@H]1c2ccccc2CC12CCN(c1ncc(Sc3ccnc(N4CC(C(C)(C)O)C4)c3Cl)nc1CO)CC2. The first-order valence-electron chi connectivity index (χ1n) is 13.8. The van der Waals surface area contributed by atoms with Crippen molar-refractivity contribution in [2.75, 3.05) is 36.0 Å². The molecule has 6 rings (SSSR count). The molecular formula is C30H36ClN5O2S. The van der Waals surface area contributed by atoms with Crippen LogP contribution in [-0.2, 0) is 13.0 Å². The van der Waals surface area contributed by atoms with Gasteiger partial charge in [-0.25, -0.2) is 15.0 Å². The van der Waals surface area contributed by atoms with Crippen LogP contribution in [0.2, 0.25) is 5.02 Å². The Morgan fingerprint density at radius 3 is 2.51 bits per heavy atom. The monoisotopic (exact) mass is 565 g/mol. The summed E-state index contributed by atoms with van der Waals surface area (Å²) in [5.41, 5.74) is 3.19. The first-order valence-corrected chi connectivity index (χ1v) is 15.0. The van der Waals surface area contributed by atoms with E-state index in [1.807, 2.05) is 19.9 Å². The van der Waals surface area contributed by atoms with Gasteiger partial charge in [-0.1, -0.05) is 54.6 Å². The lowest BCUT2D eigenvalue weighted by molar-refractivity contribution is 0.00438. The zero-order chi connectivity index (χ0) is 27.4. The number of aliphatic hydroxyl groups is 2. The first-order chi connectivity index (χ1) is 18.7. The number of benzene rings is 1. The van der Waals surface area contributed by atoms with Crippen LogP contribution in [0, 0.1) is 11.3 Å². The zero-order valence-electron chi connectivity index (χ0n) is 22.8. The predicted octanol–water partition coefficient (Wildman–Crippen LogP) is 5.32. The fraction of sp³-hybridized carbons (Fsp3) is 0.500. The summed E-state index contributed by atoms with van der Waals surface area (Å²) in [4.78, 5) is 19.3. The van der Waals surface area contributed by atoms with Crippen LogP contribution in [0.25, 0.3) is 0 Å². The average molecular weight is 566 g/mol. The molecule has 0 radical (unpaired) electrons. The van der Waals surface area contributed by atoms with Gasteiger partial charge >= 0.3 is 0 Å². The molecule has 2 saturated heterocycles. The Balaban J connectivity index is 1.14. The Morgan fingerprint density at radius 2 is 1.82 bits per heavy atom. The molecule has 2 aliphatic heterocycles. The number of piperidine rings is 1.